The van der Waals surface area contributed by atoms with Crippen molar-refractivity contribution in [3.63, 3.8) is 0 Å². The minimum Gasteiger partial charge on any atom is -0.508 e. The molecule has 28 heavy (non-hydrogen) atoms. The van der Waals surface area contributed by atoms with Gasteiger partial charge in [-0.3, -0.25) is 0 Å². The lowest BCUT2D eigenvalue weighted by Crippen LogP contribution is -2.07. The van der Waals surface area contributed by atoms with Crippen LogP contribution in [0.2, 0.25) is 5.02 Å². The smallest absolute Gasteiger partial charge is 0.416 e. The summed E-state index contributed by atoms with van der Waals surface area (Å²) in [6.45, 7) is 2.05. The number of phenols is 2. The summed E-state index contributed by atoms with van der Waals surface area (Å²) in [5.41, 5.74) is 2.11. The van der Waals surface area contributed by atoms with Crippen molar-refractivity contribution >= 4 is 17.3 Å². The quantitative estimate of drug-likeness (QED) is 0.471. The zero-order valence-corrected chi connectivity index (χ0v) is 15.6. The van der Waals surface area contributed by atoms with Gasteiger partial charge in [-0.25, -0.2) is 0 Å². The molecule has 3 N–H and O–H groups in total. The number of hydrogen-bond acceptors (Lipinski definition) is 3. The Morgan fingerprint density at radius 3 is 2.46 bits per heavy atom. The first kappa shape index (κ1) is 19.9. The van der Waals surface area contributed by atoms with Crippen LogP contribution >= 0.6 is 11.6 Å². The van der Waals surface area contributed by atoms with Gasteiger partial charge in [0.05, 0.1) is 5.56 Å². The van der Waals surface area contributed by atoms with Gasteiger partial charge in [0.25, 0.3) is 0 Å². The van der Waals surface area contributed by atoms with Crippen molar-refractivity contribution in [3.8, 4) is 22.6 Å². The maximum absolute atomic E-state index is 13.0. The summed E-state index contributed by atoms with van der Waals surface area (Å²) in [6, 6.07) is 13.0. The molecule has 0 fully saturated rings. The zero-order chi connectivity index (χ0) is 20.5. The standard InChI is InChI=1S/C21H17ClF3NO2/c1-12-3-2-4-13(20(12)18-9-15(22)5-6-19(18)28)11-26-16-7-14(21(23,24)25)8-17(27)10-16/h2-10,26-28H,11H2,1H3. The Morgan fingerprint density at radius 2 is 1.75 bits per heavy atom. The summed E-state index contributed by atoms with van der Waals surface area (Å²) in [5.74, 6) is -0.425. The second kappa shape index (κ2) is 7.64. The highest BCUT2D eigenvalue weighted by Gasteiger charge is 2.31. The van der Waals surface area contributed by atoms with Gasteiger partial charge in [0.15, 0.2) is 0 Å². The number of hydrogen-bond donors (Lipinski definition) is 3. The molecule has 3 aromatic carbocycles. The highest BCUT2D eigenvalue weighted by molar-refractivity contribution is 6.31. The lowest BCUT2D eigenvalue weighted by Gasteiger charge is -2.16. The Hall–Kier alpha value is -2.86. The van der Waals surface area contributed by atoms with E-state index in [0.29, 0.717) is 16.7 Å². The van der Waals surface area contributed by atoms with E-state index in [0.717, 1.165) is 22.8 Å². The molecule has 0 amide bonds. The number of anilines is 1. The number of halogens is 4. The van der Waals surface area contributed by atoms with Gasteiger partial charge in [0, 0.05) is 28.9 Å². The fraction of sp³-hybridized carbons (Fsp3) is 0.143. The second-order valence-corrected chi connectivity index (χ2v) is 6.83. The van der Waals surface area contributed by atoms with E-state index in [4.69, 9.17) is 11.6 Å². The van der Waals surface area contributed by atoms with E-state index in [9.17, 15) is 23.4 Å². The van der Waals surface area contributed by atoms with Gasteiger partial charge in [0.1, 0.15) is 11.5 Å². The summed E-state index contributed by atoms with van der Waals surface area (Å²) in [5, 5.41) is 23.2. The molecule has 0 radical (unpaired) electrons. The van der Waals surface area contributed by atoms with Crippen molar-refractivity contribution in [2.24, 2.45) is 0 Å². The van der Waals surface area contributed by atoms with Crippen LogP contribution in [0.1, 0.15) is 16.7 Å². The monoisotopic (exact) mass is 407 g/mol. The van der Waals surface area contributed by atoms with Crippen LogP contribution in [0.5, 0.6) is 11.5 Å². The van der Waals surface area contributed by atoms with Crippen LogP contribution in [0.15, 0.2) is 54.6 Å². The summed E-state index contributed by atoms with van der Waals surface area (Å²) in [7, 11) is 0. The number of benzene rings is 3. The number of rotatable bonds is 4. The third-order valence-corrected chi connectivity index (χ3v) is 4.55. The molecule has 0 saturated heterocycles. The van der Waals surface area contributed by atoms with Crippen LogP contribution in [0, 0.1) is 6.92 Å². The molecular formula is C21H17ClF3NO2. The first-order chi connectivity index (χ1) is 13.1. The topological polar surface area (TPSA) is 52.5 Å². The molecule has 146 valence electrons. The number of nitrogens with one attached hydrogen (secondary N) is 1. The van der Waals surface area contributed by atoms with Crippen molar-refractivity contribution in [2.45, 2.75) is 19.6 Å². The Balaban J connectivity index is 1.96. The van der Waals surface area contributed by atoms with Gasteiger partial charge in [-0.15, -0.1) is 0 Å². The molecule has 0 saturated carbocycles. The van der Waals surface area contributed by atoms with E-state index in [1.54, 1.807) is 12.1 Å². The predicted molar refractivity (Wildman–Crippen MR) is 104 cm³/mol. The Morgan fingerprint density at radius 1 is 1.00 bits per heavy atom. The van der Waals surface area contributed by atoms with Crippen LogP contribution in [0.3, 0.4) is 0 Å². The van der Waals surface area contributed by atoms with Gasteiger partial charge in [-0.05, 0) is 53.9 Å². The minimum atomic E-state index is -4.56. The number of aromatic hydroxyl groups is 2. The van der Waals surface area contributed by atoms with Gasteiger partial charge in [-0.1, -0.05) is 29.8 Å². The second-order valence-electron chi connectivity index (χ2n) is 6.39. The van der Waals surface area contributed by atoms with E-state index in [1.807, 2.05) is 25.1 Å². The average Bonchev–Trinajstić information content (AvgIpc) is 2.61. The normalized spacial score (nSPS) is 11.5. The fourth-order valence-electron chi connectivity index (χ4n) is 3.04. The fourth-order valence-corrected chi connectivity index (χ4v) is 3.22. The van der Waals surface area contributed by atoms with Gasteiger partial charge < -0.3 is 15.5 Å². The maximum Gasteiger partial charge on any atom is 0.416 e. The molecule has 7 heteroatoms. The summed E-state index contributed by atoms with van der Waals surface area (Å²) >= 11 is 6.06. The predicted octanol–water partition coefficient (Wildman–Crippen LogP) is 6.36. The molecule has 0 atom stereocenters. The van der Waals surface area contributed by atoms with E-state index in [1.165, 1.54) is 12.1 Å². The van der Waals surface area contributed by atoms with Crippen LogP contribution in [0.25, 0.3) is 11.1 Å². The Kier molecular flexibility index (Phi) is 5.42. The van der Waals surface area contributed by atoms with Crippen LogP contribution < -0.4 is 5.32 Å². The molecule has 0 bridgehead atoms. The minimum absolute atomic E-state index is 0.0525. The molecule has 0 aliphatic carbocycles. The third kappa shape index (κ3) is 4.34. The first-order valence-corrected chi connectivity index (χ1v) is 8.75. The first-order valence-electron chi connectivity index (χ1n) is 8.37. The summed E-state index contributed by atoms with van der Waals surface area (Å²) in [6.07, 6.45) is -4.56. The number of aryl methyl sites for hydroxylation is 1. The molecule has 0 aliphatic rings. The van der Waals surface area contributed by atoms with Crippen molar-refractivity contribution in [2.75, 3.05) is 5.32 Å². The van der Waals surface area contributed by atoms with Gasteiger partial charge >= 0.3 is 6.18 Å². The Bertz CT molecular complexity index is 1020. The van der Waals surface area contributed by atoms with E-state index in [-0.39, 0.29) is 18.0 Å². The Labute approximate surface area is 165 Å². The molecule has 3 aromatic rings. The van der Waals surface area contributed by atoms with Gasteiger partial charge in [0.2, 0.25) is 0 Å². The van der Waals surface area contributed by atoms with Crippen molar-refractivity contribution < 1.29 is 23.4 Å². The molecule has 0 aliphatic heterocycles. The van der Waals surface area contributed by atoms with E-state index >= 15 is 0 Å². The largest absolute Gasteiger partial charge is 0.508 e. The van der Waals surface area contributed by atoms with Crippen LogP contribution in [0.4, 0.5) is 18.9 Å². The maximum atomic E-state index is 13.0. The summed E-state index contributed by atoms with van der Waals surface area (Å²) < 4.78 is 38.9. The molecule has 0 unspecified atom stereocenters. The summed E-state index contributed by atoms with van der Waals surface area (Å²) in [4.78, 5) is 0. The van der Waals surface area contributed by atoms with E-state index in [2.05, 4.69) is 5.32 Å². The average molecular weight is 408 g/mol. The SMILES string of the molecule is Cc1cccc(CNc2cc(O)cc(C(F)(F)F)c2)c1-c1cc(Cl)ccc1O. The van der Waals surface area contributed by atoms with Crippen molar-refractivity contribution in [3.05, 3.63) is 76.3 Å². The molecular weight excluding hydrogens is 391 g/mol. The van der Waals surface area contributed by atoms with Crippen LogP contribution in [-0.2, 0) is 12.7 Å². The van der Waals surface area contributed by atoms with E-state index < -0.39 is 17.5 Å². The molecule has 0 spiro atoms. The number of alkyl halides is 3. The third-order valence-electron chi connectivity index (χ3n) is 4.32. The molecule has 3 rings (SSSR count). The molecule has 3 nitrogen and oxygen atoms in total. The zero-order valence-electron chi connectivity index (χ0n) is 14.8. The van der Waals surface area contributed by atoms with Gasteiger partial charge in [-0.2, -0.15) is 13.2 Å². The van der Waals surface area contributed by atoms with Crippen molar-refractivity contribution in [1.82, 2.24) is 0 Å². The molecule has 0 aromatic heterocycles. The van der Waals surface area contributed by atoms with Crippen LogP contribution in [-0.4, -0.2) is 10.2 Å². The number of phenolic OH excluding ortho intramolecular Hbond substituents is 2. The van der Waals surface area contributed by atoms with Crippen molar-refractivity contribution in [1.29, 1.82) is 0 Å². The highest BCUT2D eigenvalue weighted by Crippen LogP contribution is 2.37. The lowest BCUT2D eigenvalue weighted by atomic mass is 9.94. The molecule has 0 heterocycles. The lowest BCUT2D eigenvalue weighted by molar-refractivity contribution is -0.137. The highest BCUT2D eigenvalue weighted by atomic mass is 35.5.